The third-order valence-electron chi connectivity index (χ3n) is 4.05. The van der Waals surface area contributed by atoms with Crippen LogP contribution >= 0.6 is 15.9 Å². The number of nitrogens with one attached hydrogen (secondary N) is 1. The molecule has 0 aliphatic rings. The van der Waals surface area contributed by atoms with Crippen molar-refractivity contribution in [3.05, 3.63) is 63.6 Å². The van der Waals surface area contributed by atoms with Gasteiger partial charge < -0.3 is 4.74 Å². The maximum atomic E-state index is 12.8. The lowest BCUT2D eigenvalue weighted by atomic mass is 10.1. The van der Waals surface area contributed by atoms with Crippen molar-refractivity contribution in [2.45, 2.75) is 38.8 Å². The first-order chi connectivity index (χ1) is 13.8. The number of carbonyl (C=O) groups excluding carboxylic acids is 1. The second-order valence-electron chi connectivity index (χ2n) is 6.37. The zero-order valence-corrected chi connectivity index (χ0v) is 17.5. The Morgan fingerprint density at radius 3 is 2.69 bits per heavy atom. The molecule has 0 heterocycles. The SMILES string of the molecule is CCCCCCOc1ccc(Br)cc1/C=N/NC(=O)c1cccc(C(F)(F)F)c1. The normalized spacial score (nSPS) is 11.6. The molecular formula is C21H22BrF3N2O2. The van der Waals surface area contributed by atoms with Crippen LogP contribution in [0.2, 0.25) is 0 Å². The molecule has 4 nitrogen and oxygen atoms in total. The van der Waals surface area contributed by atoms with Crippen molar-refractivity contribution >= 4 is 28.1 Å². The summed E-state index contributed by atoms with van der Waals surface area (Å²) < 4.78 is 44.9. The third-order valence-corrected chi connectivity index (χ3v) is 4.54. The van der Waals surface area contributed by atoms with E-state index in [0.717, 1.165) is 42.3 Å². The van der Waals surface area contributed by atoms with Crippen molar-refractivity contribution in [2.24, 2.45) is 5.10 Å². The number of benzene rings is 2. The third kappa shape index (κ3) is 7.53. The summed E-state index contributed by atoms with van der Waals surface area (Å²) in [7, 11) is 0. The van der Waals surface area contributed by atoms with Crippen molar-refractivity contribution in [1.29, 1.82) is 0 Å². The van der Waals surface area contributed by atoms with E-state index in [1.54, 1.807) is 12.1 Å². The van der Waals surface area contributed by atoms with Gasteiger partial charge in [-0.3, -0.25) is 4.79 Å². The Kier molecular flexibility index (Phi) is 8.70. The highest BCUT2D eigenvalue weighted by Gasteiger charge is 2.30. The number of carbonyl (C=O) groups is 1. The van der Waals surface area contributed by atoms with E-state index >= 15 is 0 Å². The van der Waals surface area contributed by atoms with Gasteiger partial charge in [0.25, 0.3) is 5.91 Å². The Hall–Kier alpha value is -2.35. The van der Waals surface area contributed by atoms with E-state index in [-0.39, 0.29) is 5.56 Å². The summed E-state index contributed by atoms with van der Waals surface area (Å²) in [4.78, 5) is 12.1. The molecule has 0 bridgehead atoms. The van der Waals surface area contributed by atoms with Crippen molar-refractivity contribution in [1.82, 2.24) is 5.43 Å². The van der Waals surface area contributed by atoms with Gasteiger partial charge in [-0.2, -0.15) is 18.3 Å². The van der Waals surface area contributed by atoms with Crippen LogP contribution in [0.15, 0.2) is 52.0 Å². The van der Waals surface area contributed by atoms with Crippen LogP contribution in [-0.4, -0.2) is 18.7 Å². The van der Waals surface area contributed by atoms with E-state index in [9.17, 15) is 18.0 Å². The monoisotopic (exact) mass is 470 g/mol. The predicted molar refractivity (Wildman–Crippen MR) is 110 cm³/mol. The lowest BCUT2D eigenvalue weighted by Crippen LogP contribution is -2.18. The average Bonchev–Trinajstić information content (AvgIpc) is 2.68. The molecule has 0 spiro atoms. The second-order valence-corrected chi connectivity index (χ2v) is 7.28. The van der Waals surface area contributed by atoms with Crippen molar-refractivity contribution in [3.8, 4) is 5.75 Å². The lowest BCUT2D eigenvalue weighted by Gasteiger charge is -2.10. The quantitative estimate of drug-likeness (QED) is 0.269. The van der Waals surface area contributed by atoms with E-state index in [1.807, 2.05) is 6.07 Å². The molecule has 0 saturated heterocycles. The number of hydrazone groups is 1. The fourth-order valence-corrected chi connectivity index (χ4v) is 2.90. The molecule has 2 rings (SSSR count). The predicted octanol–water partition coefficient (Wildman–Crippen LogP) is 6.19. The average molecular weight is 471 g/mol. The molecule has 2 aromatic rings. The van der Waals surface area contributed by atoms with Crippen LogP contribution in [0.1, 0.15) is 54.1 Å². The minimum absolute atomic E-state index is 0.126. The van der Waals surface area contributed by atoms with Crippen LogP contribution in [0.25, 0.3) is 0 Å². The molecule has 0 radical (unpaired) electrons. The first kappa shape index (κ1) is 22.9. The highest BCUT2D eigenvalue weighted by molar-refractivity contribution is 9.10. The molecular weight excluding hydrogens is 449 g/mol. The summed E-state index contributed by atoms with van der Waals surface area (Å²) >= 11 is 3.37. The molecule has 2 aromatic carbocycles. The summed E-state index contributed by atoms with van der Waals surface area (Å²) in [5, 5.41) is 3.86. The smallest absolute Gasteiger partial charge is 0.416 e. The molecule has 0 saturated carbocycles. The van der Waals surface area contributed by atoms with Gasteiger partial charge in [-0.1, -0.05) is 48.2 Å². The van der Waals surface area contributed by atoms with E-state index in [0.29, 0.717) is 17.9 Å². The molecule has 0 atom stereocenters. The molecule has 156 valence electrons. The lowest BCUT2D eigenvalue weighted by molar-refractivity contribution is -0.137. The minimum atomic E-state index is -4.51. The van der Waals surface area contributed by atoms with Crippen LogP contribution in [0.4, 0.5) is 13.2 Å². The molecule has 0 aromatic heterocycles. The number of halogens is 4. The number of rotatable bonds is 9. The maximum Gasteiger partial charge on any atom is 0.416 e. The van der Waals surface area contributed by atoms with Gasteiger partial charge in [-0.05, 0) is 42.8 Å². The van der Waals surface area contributed by atoms with Gasteiger partial charge in [0.1, 0.15) is 5.75 Å². The summed E-state index contributed by atoms with van der Waals surface area (Å²) in [5.74, 6) is -0.119. The molecule has 0 fully saturated rings. The van der Waals surface area contributed by atoms with Gasteiger partial charge in [-0.25, -0.2) is 5.43 Å². The molecule has 29 heavy (non-hydrogen) atoms. The van der Waals surface area contributed by atoms with Gasteiger partial charge in [0, 0.05) is 15.6 Å². The molecule has 8 heteroatoms. The highest BCUT2D eigenvalue weighted by Crippen LogP contribution is 2.29. The number of hydrogen-bond donors (Lipinski definition) is 1. The van der Waals surface area contributed by atoms with E-state index in [4.69, 9.17) is 4.74 Å². The molecule has 0 unspecified atom stereocenters. The number of hydrogen-bond acceptors (Lipinski definition) is 3. The van der Waals surface area contributed by atoms with Crippen molar-refractivity contribution < 1.29 is 22.7 Å². The van der Waals surface area contributed by atoms with Crippen LogP contribution in [0.5, 0.6) is 5.75 Å². The minimum Gasteiger partial charge on any atom is -0.493 e. The highest BCUT2D eigenvalue weighted by atomic mass is 79.9. The van der Waals surface area contributed by atoms with Crippen molar-refractivity contribution in [3.63, 3.8) is 0 Å². The molecule has 0 aliphatic heterocycles. The van der Waals surface area contributed by atoms with Crippen LogP contribution < -0.4 is 10.2 Å². The van der Waals surface area contributed by atoms with Crippen LogP contribution in [0.3, 0.4) is 0 Å². The van der Waals surface area contributed by atoms with Gasteiger partial charge in [0.15, 0.2) is 0 Å². The molecule has 1 N–H and O–H groups in total. The van der Waals surface area contributed by atoms with E-state index in [1.165, 1.54) is 18.3 Å². The second kappa shape index (κ2) is 11.0. The number of nitrogens with zero attached hydrogens (tertiary/aromatic N) is 1. The van der Waals surface area contributed by atoms with Crippen LogP contribution in [0, 0.1) is 0 Å². The summed E-state index contributed by atoms with van der Waals surface area (Å²) in [5.41, 5.74) is 1.87. The Labute approximate surface area is 176 Å². The number of alkyl halides is 3. The van der Waals surface area contributed by atoms with Crippen molar-refractivity contribution in [2.75, 3.05) is 6.61 Å². The molecule has 1 amide bonds. The Balaban J connectivity index is 2.02. The fourth-order valence-electron chi connectivity index (χ4n) is 2.52. The first-order valence-electron chi connectivity index (χ1n) is 9.24. The summed E-state index contributed by atoms with van der Waals surface area (Å²) in [6.45, 7) is 2.71. The summed E-state index contributed by atoms with van der Waals surface area (Å²) in [6, 6.07) is 9.58. The largest absolute Gasteiger partial charge is 0.493 e. The Morgan fingerprint density at radius 2 is 1.97 bits per heavy atom. The number of amides is 1. The Bertz CT molecular complexity index is 854. The number of ether oxygens (including phenoxy) is 1. The van der Waals surface area contributed by atoms with Crippen LogP contribution in [-0.2, 0) is 6.18 Å². The van der Waals surface area contributed by atoms with E-state index in [2.05, 4.69) is 33.4 Å². The van der Waals surface area contributed by atoms with Gasteiger partial charge in [0.05, 0.1) is 18.4 Å². The topological polar surface area (TPSA) is 50.7 Å². The molecule has 0 aliphatic carbocycles. The summed E-state index contributed by atoms with van der Waals surface area (Å²) in [6.07, 6.45) is 1.20. The fraction of sp³-hybridized carbons (Fsp3) is 0.333. The van der Waals surface area contributed by atoms with Gasteiger partial charge >= 0.3 is 6.18 Å². The zero-order chi connectivity index (χ0) is 21.3. The maximum absolute atomic E-state index is 12.8. The van der Waals surface area contributed by atoms with E-state index < -0.39 is 17.6 Å². The number of unbranched alkanes of at least 4 members (excludes halogenated alkanes) is 3. The standard InChI is InChI=1S/C21H22BrF3N2O2/c1-2-3-4-5-11-29-19-10-9-18(22)13-16(19)14-26-27-20(28)15-7-6-8-17(12-15)21(23,24)25/h6-10,12-14H,2-5,11H2,1H3,(H,27,28)/b26-14+. The van der Waals surface area contributed by atoms with Gasteiger partial charge in [-0.15, -0.1) is 0 Å². The first-order valence-corrected chi connectivity index (χ1v) is 10.0. The zero-order valence-electron chi connectivity index (χ0n) is 15.9. The Morgan fingerprint density at radius 1 is 1.17 bits per heavy atom. The van der Waals surface area contributed by atoms with Gasteiger partial charge in [0.2, 0.25) is 0 Å².